The van der Waals surface area contributed by atoms with E-state index >= 15 is 0 Å². The molecule has 3 rings (SSSR count). The molecule has 1 aliphatic rings. The number of carbonyl (C=O) groups is 1. The maximum absolute atomic E-state index is 12.5. The highest BCUT2D eigenvalue weighted by Crippen LogP contribution is 2.23. The van der Waals surface area contributed by atoms with Gasteiger partial charge in [0.05, 0.1) is 24.0 Å². The number of benzene rings is 1. The van der Waals surface area contributed by atoms with E-state index in [9.17, 15) is 9.59 Å². The van der Waals surface area contributed by atoms with Crippen molar-refractivity contribution in [2.24, 2.45) is 5.92 Å². The average Bonchev–Trinajstić information content (AvgIpc) is 2.63. The number of aromatic nitrogens is 2. The number of aromatic amines is 1. The van der Waals surface area contributed by atoms with Gasteiger partial charge in [-0.2, -0.15) is 0 Å². The van der Waals surface area contributed by atoms with E-state index in [-0.39, 0.29) is 17.5 Å². The number of likely N-dealkylation sites (N-methyl/N-ethyl adjacent to an activating group) is 1. The van der Waals surface area contributed by atoms with Crippen molar-refractivity contribution >= 4 is 16.8 Å². The summed E-state index contributed by atoms with van der Waals surface area (Å²) in [6.07, 6.45) is 4.70. The SMILES string of the molecule is CCN(CC(=O)N[C@@H]1CCCC[C@@H]1C)Cc1nc2ccccc2c(=O)[nH]1. The molecule has 1 aromatic carbocycles. The Balaban J connectivity index is 1.64. The number of para-hydroxylation sites is 1. The van der Waals surface area contributed by atoms with Gasteiger partial charge in [-0.1, -0.05) is 38.8 Å². The van der Waals surface area contributed by atoms with Gasteiger partial charge in [0, 0.05) is 6.04 Å². The van der Waals surface area contributed by atoms with Crippen LogP contribution in [0.4, 0.5) is 0 Å². The molecule has 2 N–H and O–H groups in total. The normalized spacial score (nSPS) is 20.4. The van der Waals surface area contributed by atoms with Crippen LogP contribution in [0, 0.1) is 5.92 Å². The summed E-state index contributed by atoms with van der Waals surface area (Å²) in [7, 11) is 0. The van der Waals surface area contributed by atoms with Crippen LogP contribution in [0.1, 0.15) is 45.4 Å². The highest BCUT2D eigenvalue weighted by molar-refractivity contribution is 5.78. The Kier molecular flexibility index (Phi) is 6.04. The first-order valence-corrected chi connectivity index (χ1v) is 9.56. The van der Waals surface area contributed by atoms with Crippen molar-refractivity contribution in [2.75, 3.05) is 13.1 Å². The van der Waals surface area contributed by atoms with E-state index in [1.54, 1.807) is 6.07 Å². The molecule has 1 aromatic heterocycles. The Morgan fingerprint density at radius 2 is 2.08 bits per heavy atom. The fraction of sp³-hybridized carbons (Fsp3) is 0.550. The lowest BCUT2D eigenvalue weighted by molar-refractivity contribution is -0.123. The van der Waals surface area contributed by atoms with Crippen molar-refractivity contribution in [2.45, 2.75) is 52.1 Å². The van der Waals surface area contributed by atoms with Gasteiger partial charge in [0.1, 0.15) is 5.82 Å². The third-order valence-electron chi connectivity index (χ3n) is 5.31. The number of nitrogens with one attached hydrogen (secondary N) is 2. The van der Waals surface area contributed by atoms with Crippen LogP contribution in [0.25, 0.3) is 10.9 Å². The topological polar surface area (TPSA) is 78.1 Å². The zero-order chi connectivity index (χ0) is 18.5. The molecular formula is C20H28N4O2. The van der Waals surface area contributed by atoms with Crippen LogP contribution in [0.2, 0.25) is 0 Å². The van der Waals surface area contributed by atoms with Crippen LogP contribution in [-0.2, 0) is 11.3 Å². The van der Waals surface area contributed by atoms with Crippen molar-refractivity contribution in [3.05, 3.63) is 40.4 Å². The van der Waals surface area contributed by atoms with Gasteiger partial charge in [0.2, 0.25) is 5.91 Å². The Labute approximate surface area is 154 Å². The number of fused-ring (bicyclic) bond motifs is 1. The van der Waals surface area contributed by atoms with Crippen LogP contribution in [0.15, 0.2) is 29.1 Å². The first-order valence-electron chi connectivity index (χ1n) is 9.56. The molecule has 1 fully saturated rings. The van der Waals surface area contributed by atoms with E-state index in [0.717, 1.165) is 6.42 Å². The van der Waals surface area contributed by atoms with E-state index < -0.39 is 0 Å². The zero-order valence-corrected chi connectivity index (χ0v) is 15.6. The number of hydrogen-bond donors (Lipinski definition) is 2. The van der Waals surface area contributed by atoms with Crippen LogP contribution in [0.5, 0.6) is 0 Å². The van der Waals surface area contributed by atoms with E-state index in [4.69, 9.17) is 0 Å². The Morgan fingerprint density at radius 1 is 1.31 bits per heavy atom. The first-order chi connectivity index (χ1) is 12.6. The minimum absolute atomic E-state index is 0.0498. The summed E-state index contributed by atoms with van der Waals surface area (Å²) in [5.74, 6) is 1.18. The summed E-state index contributed by atoms with van der Waals surface area (Å²) in [6.45, 7) is 5.70. The Hall–Kier alpha value is -2.21. The first kappa shape index (κ1) is 18.6. The fourth-order valence-electron chi connectivity index (χ4n) is 3.69. The van der Waals surface area contributed by atoms with Crippen LogP contribution in [-0.4, -0.2) is 39.9 Å². The average molecular weight is 356 g/mol. The van der Waals surface area contributed by atoms with E-state index in [1.165, 1.54) is 19.3 Å². The third kappa shape index (κ3) is 4.49. The van der Waals surface area contributed by atoms with Crippen LogP contribution >= 0.6 is 0 Å². The molecular weight excluding hydrogens is 328 g/mol. The van der Waals surface area contributed by atoms with Crippen molar-refractivity contribution in [1.29, 1.82) is 0 Å². The number of hydrogen-bond acceptors (Lipinski definition) is 4. The molecule has 2 atom stereocenters. The predicted molar refractivity (Wildman–Crippen MR) is 103 cm³/mol. The molecule has 6 nitrogen and oxygen atoms in total. The quantitative estimate of drug-likeness (QED) is 0.833. The molecule has 1 saturated carbocycles. The third-order valence-corrected chi connectivity index (χ3v) is 5.31. The van der Waals surface area contributed by atoms with E-state index in [2.05, 4.69) is 22.2 Å². The molecule has 2 aromatic rings. The van der Waals surface area contributed by atoms with Gasteiger partial charge in [-0.25, -0.2) is 4.98 Å². The van der Waals surface area contributed by atoms with Gasteiger partial charge in [-0.05, 0) is 37.4 Å². The second kappa shape index (κ2) is 8.45. The molecule has 140 valence electrons. The second-order valence-corrected chi connectivity index (χ2v) is 7.27. The lowest BCUT2D eigenvalue weighted by atomic mass is 9.86. The van der Waals surface area contributed by atoms with Crippen LogP contribution in [0.3, 0.4) is 0 Å². The minimum atomic E-state index is -0.137. The summed E-state index contributed by atoms with van der Waals surface area (Å²) in [6, 6.07) is 7.58. The zero-order valence-electron chi connectivity index (χ0n) is 15.6. The maximum Gasteiger partial charge on any atom is 0.258 e. The van der Waals surface area contributed by atoms with Gasteiger partial charge < -0.3 is 10.3 Å². The van der Waals surface area contributed by atoms with Crippen molar-refractivity contribution in [1.82, 2.24) is 20.2 Å². The molecule has 1 amide bonds. The van der Waals surface area contributed by atoms with Gasteiger partial charge in [0.15, 0.2) is 0 Å². The molecule has 1 aliphatic carbocycles. The maximum atomic E-state index is 12.5. The Morgan fingerprint density at radius 3 is 2.85 bits per heavy atom. The van der Waals surface area contributed by atoms with Crippen molar-refractivity contribution in [3.63, 3.8) is 0 Å². The molecule has 1 heterocycles. The summed E-state index contributed by atoms with van der Waals surface area (Å²) in [5, 5.41) is 3.77. The molecule has 0 spiro atoms. The summed E-state index contributed by atoms with van der Waals surface area (Å²) in [4.78, 5) is 34.0. The molecule has 0 saturated heterocycles. The van der Waals surface area contributed by atoms with Gasteiger partial charge in [-0.3, -0.25) is 14.5 Å². The largest absolute Gasteiger partial charge is 0.352 e. The molecule has 26 heavy (non-hydrogen) atoms. The summed E-state index contributed by atoms with van der Waals surface area (Å²) >= 11 is 0. The number of nitrogens with zero attached hydrogens (tertiary/aromatic N) is 2. The van der Waals surface area contributed by atoms with Gasteiger partial charge in [-0.15, -0.1) is 0 Å². The molecule has 0 aliphatic heterocycles. The van der Waals surface area contributed by atoms with Crippen LogP contribution < -0.4 is 10.9 Å². The molecule has 0 bridgehead atoms. The summed E-state index contributed by atoms with van der Waals surface area (Å²) in [5.41, 5.74) is 0.546. The van der Waals surface area contributed by atoms with Crippen molar-refractivity contribution < 1.29 is 4.79 Å². The minimum Gasteiger partial charge on any atom is -0.352 e. The van der Waals surface area contributed by atoms with Gasteiger partial charge >= 0.3 is 0 Å². The standard InChI is InChI=1S/C20H28N4O2/c1-3-24(13-19(25)22-16-10-6-4-8-14(16)2)12-18-21-17-11-7-5-9-15(17)20(26)23-18/h5,7,9,11,14,16H,3-4,6,8,10,12-13H2,1-2H3,(H,22,25)(H,21,23,26)/t14-,16+/m0/s1. The molecule has 6 heteroatoms. The van der Waals surface area contributed by atoms with E-state index in [1.807, 2.05) is 30.0 Å². The lowest BCUT2D eigenvalue weighted by Gasteiger charge is -2.30. The monoisotopic (exact) mass is 356 g/mol. The predicted octanol–water partition coefficient (Wildman–Crippen LogP) is 2.44. The Bertz CT molecular complexity index is 817. The van der Waals surface area contributed by atoms with E-state index in [0.29, 0.717) is 42.3 Å². The lowest BCUT2D eigenvalue weighted by Crippen LogP contribution is -2.45. The highest BCUT2D eigenvalue weighted by atomic mass is 16.2. The second-order valence-electron chi connectivity index (χ2n) is 7.27. The van der Waals surface area contributed by atoms with Crippen molar-refractivity contribution in [3.8, 4) is 0 Å². The molecule has 0 unspecified atom stereocenters. The smallest absolute Gasteiger partial charge is 0.258 e. The fourth-order valence-corrected chi connectivity index (χ4v) is 3.69. The highest BCUT2D eigenvalue weighted by Gasteiger charge is 2.23. The number of H-pyrrole nitrogens is 1. The van der Waals surface area contributed by atoms with Gasteiger partial charge in [0.25, 0.3) is 5.56 Å². The molecule has 0 radical (unpaired) electrons. The number of carbonyl (C=O) groups excluding carboxylic acids is 1. The summed E-state index contributed by atoms with van der Waals surface area (Å²) < 4.78 is 0. The number of amides is 1. The number of rotatable bonds is 6.